The Morgan fingerprint density at radius 1 is 1.18 bits per heavy atom. The molecule has 2 aliphatic carbocycles. The Morgan fingerprint density at radius 3 is 2.36 bits per heavy atom. The van der Waals surface area contributed by atoms with E-state index in [1.54, 1.807) is 0 Å². The van der Waals surface area contributed by atoms with E-state index in [1.807, 2.05) is 0 Å². The van der Waals surface area contributed by atoms with Crippen LogP contribution in [-0.2, 0) is 9.22 Å². The molecule has 0 radical (unpaired) electrons. The van der Waals surface area contributed by atoms with Gasteiger partial charge in [-0.3, -0.25) is 0 Å². The van der Waals surface area contributed by atoms with Crippen LogP contribution >= 0.6 is 0 Å². The average Bonchev–Trinajstić information content (AvgIpc) is 2.90. The first-order chi connectivity index (χ1) is 10.5. The van der Waals surface area contributed by atoms with Gasteiger partial charge in [0.15, 0.2) is 8.32 Å². The van der Waals surface area contributed by atoms with E-state index < -0.39 is 8.32 Å². The lowest BCUT2D eigenvalue weighted by Gasteiger charge is -2.48. The summed E-state index contributed by atoms with van der Waals surface area (Å²) in [5.74, 6) is 1.46. The molecule has 0 saturated heterocycles. The first kappa shape index (κ1) is 18.2. The maximum atomic E-state index is 11.3. The van der Waals surface area contributed by atoms with Gasteiger partial charge < -0.3 is 9.22 Å². The van der Waals surface area contributed by atoms with Crippen molar-refractivity contribution in [3.8, 4) is 0 Å². The largest absolute Gasteiger partial charge is 0.414 e. The van der Waals surface area contributed by atoms with Crippen molar-refractivity contribution >= 4 is 14.6 Å². The van der Waals surface area contributed by atoms with Crippen LogP contribution in [0.2, 0.25) is 18.1 Å². The van der Waals surface area contributed by atoms with Gasteiger partial charge >= 0.3 is 0 Å². The smallest absolute Gasteiger partial charge is 0.192 e. The molecule has 2 nitrogen and oxygen atoms in total. The fourth-order valence-corrected chi connectivity index (χ4v) is 8.51. The Morgan fingerprint density at radius 2 is 1.82 bits per heavy atom. The lowest BCUT2D eigenvalue weighted by molar-refractivity contribution is -0.114. The summed E-state index contributed by atoms with van der Waals surface area (Å²) in [6.07, 6.45) is 7.96. The Hall–Kier alpha value is -0.153. The molecule has 0 aromatic heterocycles. The summed E-state index contributed by atoms with van der Waals surface area (Å²) in [5, 5.41) is 0. The molecule has 0 amide bonds. The van der Waals surface area contributed by atoms with Crippen LogP contribution in [0.25, 0.3) is 0 Å². The van der Waals surface area contributed by atoms with E-state index in [0.717, 1.165) is 0 Å². The normalized spacial score (nSPS) is 36.9. The lowest BCUT2D eigenvalue weighted by atomic mass is 9.62. The molecule has 0 spiro atoms. The molecule has 3 heteroatoms. The Kier molecular flexibility index (Phi) is 5.93. The van der Waals surface area contributed by atoms with Gasteiger partial charge in [-0.05, 0) is 61.1 Å². The molecule has 0 aromatic carbocycles. The van der Waals surface area contributed by atoms with Crippen molar-refractivity contribution in [3.05, 3.63) is 0 Å². The summed E-state index contributed by atoms with van der Waals surface area (Å²) in [4.78, 5) is 11.3. The second-order valence-electron chi connectivity index (χ2n) is 8.08. The quantitative estimate of drug-likeness (QED) is 0.461. The third kappa shape index (κ3) is 3.08. The fourth-order valence-electron chi connectivity index (χ4n) is 5.58. The van der Waals surface area contributed by atoms with Gasteiger partial charge in [0.05, 0.1) is 0 Å². The molecule has 0 bridgehead atoms. The van der Waals surface area contributed by atoms with Crippen molar-refractivity contribution in [2.24, 2.45) is 23.2 Å². The van der Waals surface area contributed by atoms with Crippen LogP contribution in [0.1, 0.15) is 66.7 Å². The predicted molar refractivity (Wildman–Crippen MR) is 95.5 cm³/mol. The van der Waals surface area contributed by atoms with Crippen LogP contribution < -0.4 is 0 Å². The molecule has 2 saturated carbocycles. The number of aldehydes is 1. The molecule has 0 heterocycles. The molecule has 22 heavy (non-hydrogen) atoms. The van der Waals surface area contributed by atoms with E-state index >= 15 is 0 Å². The zero-order valence-electron chi connectivity index (χ0n) is 15.4. The standard InChI is InChI=1S/C19H36O2Si/c1-6-22(7-2,8-3)21-18-10-9-13-19(5)16(15(4)14-20)11-12-17(18)19/h14-18H,6-13H2,1-5H3/t15?,16-,17+,18+,19-/m1/s1. The maximum absolute atomic E-state index is 11.3. The number of hydrogen-bond donors (Lipinski definition) is 0. The fraction of sp³-hybridized carbons (Fsp3) is 0.947. The lowest BCUT2D eigenvalue weighted by Crippen LogP contribution is -2.48. The van der Waals surface area contributed by atoms with E-state index in [-0.39, 0.29) is 5.92 Å². The second-order valence-corrected chi connectivity index (χ2v) is 12.8. The van der Waals surface area contributed by atoms with Crippen molar-refractivity contribution in [2.75, 3.05) is 0 Å². The molecule has 0 N–H and O–H groups in total. The predicted octanol–water partition coefficient (Wildman–Crippen LogP) is 5.43. The summed E-state index contributed by atoms with van der Waals surface area (Å²) in [5.41, 5.74) is 0.332. The van der Waals surface area contributed by atoms with Crippen LogP contribution in [0.4, 0.5) is 0 Å². The number of carbonyl (C=O) groups is 1. The topological polar surface area (TPSA) is 26.3 Å². The maximum Gasteiger partial charge on any atom is 0.192 e. The third-order valence-corrected chi connectivity index (χ3v) is 12.0. The zero-order valence-corrected chi connectivity index (χ0v) is 16.4. The van der Waals surface area contributed by atoms with Crippen molar-refractivity contribution in [3.63, 3.8) is 0 Å². The van der Waals surface area contributed by atoms with Gasteiger partial charge in [-0.25, -0.2) is 0 Å². The monoisotopic (exact) mass is 324 g/mol. The van der Waals surface area contributed by atoms with Gasteiger partial charge in [0, 0.05) is 12.0 Å². The van der Waals surface area contributed by atoms with E-state index in [4.69, 9.17) is 4.43 Å². The summed E-state index contributed by atoms with van der Waals surface area (Å²) >= 11 is 0. The van der Waals surface area contributed by atoms with Crippen LogP contribution in [0.15, 0.2) is 0 Å². The number of rotatable bonds is 7. The average molecular weight is 325 g/mol. The number of hydrogen-bond acceptors (Lipinski definition) is 2. The molecule has 128 valence electrons. The van der Waals surface area contributed by atoms with Crippen molar-refractivity contribution in [1.82, 2.24) is 0 Å². The molecule has 2 aliphatic rings. The minimum atomic E-state index is -1.52. The van der Waals surface area contributed by atoms with Gasteiger partial charge in [-0.2, -0.15) is 0 Å². The van der Waals surface area contributed by atoms with E-state index in [9.17, 15) is 4.79 Å². The summed E-state index contributed by atoms with van der Waals surface area (Å²) in [6.45, 7) is 11.6. The van der Waals surface area contributed by atoms with Crippen molar-refractivity contribution in [1.29, 1.82) is 0 Å². The van der Waals surface area contributed by atoms with Gasteiger partial charge in [-0.15, -0.1) is 0 Å². The SMILES string of the molecule is CC[Si](CC)(CC)O[C@H]1CCC[C@]2(C)[C@@H](C(C)C=O)CC[C@@H]12. The Bertz CT molecular complexity index is 371. The highest BCUT2D eigenvalue weighted by atomic mass is 28.4. The van der Waals surface area contributed by atoms with Crippen molar-refractivity contribution < 1.29 is 9.22 Å². The molecule has 5 atom stereocenters. The van der Waals surface area contributed by atoms with Gasteiger partial charge in [-0.1, -0.05) is 41.0 Å². The van der Waals surface area contributed by atoms with E-state index in [0.29, 0.717) is 23.4 Å². The van der Waals surface area contributed by atoms with Gasteiger partial charge in [0.1, 0.15) is 6.29 Å². The molecule has 0 aromatic rings. The van der Waals surface area contributed by atoms with E-state index in [2.05, 4.69) is 34.6 Å². The Balaban J connectivity index is 2.17. The van der Waals surface area contributed by atoms with Crippen LogP contribution in [0, 0.1) is 23.2 Å². The molecule has 1 unspecified atom stereocenters. The minimum absolute atomic E-state index is 0.208. The third-order valence-electron chi connectivity index (χ3n) is 7.32. The highest BCUT2D eigenvalue weighted by Gasteiger charge is 2.53. The van der Waals surface area contributed by atoms with Crippen LogP contribution in [0.5, 0.6) is 0 Å². The van der Waals surface area contributed by atoms with Gasteiger partial charge in [0.2, 0.25) is 0 Å². The molecular formula is C19H36O2Si. The zero-order chi connectivity index (χ0) is 16.4. The summed E-state index contributed by atoms with van der Waals surface area (Å²) in [7, 11) is -1.52. The molecule has 0 aliphatic heterocycles. The summed E-state index contributed by atoms with van der Waals surface area (Å²) in [6, 6.07) is 3.73. The first-order valence-electron chi connectivity index (χ1n) is 9.59. The second kappa shape index (κ2) is 7.17. The van der Waals surface area contributed by atoms with Crippen LogP contribution in [0.3, 0.4) is 0 Å². The summed E-state index contributed by atoms with van der Waals surface area (Å²) < 4.78 is 6.92. The highest BCUT2D eigenvalue weighted by molar-refractivity contribution is 6.73. The van der Waals surface area contributed by atoms with Crippen LogP contribution in [-0.4, -0.2) is 20.7 Å². The Labute approximate surface area is 138 Å². The molecular weight excluding hydrogens is 288 g/mol. The number of fused-ring (bicyclic) bond motifs is 1. The first-order valence-corrected chi connectivity index (χ1v) is 12.1. The highest BCUT2D eigenvalue weighted by Crippen LogP contribution is 2.58. The van der Waals surface area contributed by atoms with E-state index in [1.165, 1.54) is 56.5 Å². The molecule has 2 fully saturated rings. The van der Waals surface area contributed by atoms with Gasteiger partial charge in [0.25, 0.3) is 0 Å². The molecule has 2 rings (SSSR count). The number of carbonyl (C=O) groups excluding carboxylic acids is 1. The van der Waals surface area contributed by atoms with Crippen molar-refractivity contribution in [2.45, 2.75) is 91.0 Å². The minimum Gasteiger partial charge on any atom is -0.414 e.